The first-order chi connectivity index (χ1) is 19.0. The molecule has 1 aliphatic rings. The Labute approximate surface area is 241 Å². The molecule has 40 heavy (non-hydrogen) atoms. The quantitative estimate of drug-likeness (QED) is 0.275. The summed E-state index contributed by atoms with van der Waals surface area (Å²) < 4.78 is 34.3. The van der Waals surface area contributed by atoms with Crippen LogP contribution in [0.1, 0.15) is 45.9 Å². The Morgan fingerprint density at radius 3 is 2.35 bits per heavy atom. The van der Waals surface area contributed by atoms with E-state index < -0.39 is 10.0 Å². The number of aromatic nitrogens is 2. The summed E-state index contributed by atoms with van der Waals surface area (Å²) in [7, 11) is -1.97. The highest BCUT2D eigenvalue weighted by Crippen LogP contribution is 2.45. The third-order valence-electron chi connectivity index (χ3n) is 7.31. The monoisotopic (exact) mass is 575 g/mol. The summed E-state index contributed by atoms with van der Waals surface area (Å²) in [5.74, 6) is 0.395. The molecular weight excluding hydrogens is 542 g/mol. The topological polar surface area (TPSA) is 88.5 Å². The van der Waals surface area contributed by atoms with Crippen molar-refractivity contribution in [1.82, 2.24) is 14.9 Å². The lowest BCUT2D eigenvalue weighted by molar-refractivity contribution is 0.417. The van der Waals surface area contributed by atoms with Crippen LogP contribution in [-0.2, 0) is 10.0 Å². The van der Waals surface area contributed by atoms with E-state index in [2.05, 4.69) is 76.5 Å². The van der Waals surface area contributed by atoms with Crippen molar-refractivity contribution >= 4 is 38.7 Å². The molecule has 1 fully saturated rings. The minimum atomic E-state index is -3.48. The van der Waals surface area contributed by atoms with Crippen molar-refractivity contribution in [1.29, 1.82) is 0 Å². The number of para-hydroxylation sites is 1. The molecule has 0 saturated carbocycles. The number of hydrogen-bond acceptors (Lipinski definition) is 5. The van der Waals surface area contributed by atoms with Crippen LogP contribution in [0.3, 0.4) is 0 Å². The lowest BCUT2D eigenvalue weighted by Crippen LogP contribution is -2.29. The normalized spacial score (nSPS) is 17.1. The number of sulfonamides is 1. The Kier molecular flexibility index (Phi) is 7.32. The van der Waals surface area contributed by atoms with Gasteiger partial charge in [0, 0.05) is 29.3 Å². The molecule has 4 aromatic rings. The zero-order chi connectivity index (χ0) is 28.8. The number of methoxy groups -OCH3 is 1. The third kappa shape index (κ3) is 5.04. The van der Waals surface area contributed by atoms with E-state index >= 15 is 0 Å². The number of benzene rings is 2. The van der Waals surface area contributed by atoms with Crippen LogP contribution >= 0.6 is 12.2 Å². The number of aryl methyl sites for hydroxylation is 3. The average Bonchev–Trinajstić information content (AvgIpc) is 3.39. The van der Waals surface area contributed by atoms with E-state index in [4.69, 9.17) is 17.0 Å². The number of pyridine rings is 1. The van der Waals surface area contributed by atoms with Gasteiger partial charge in [-0.15, -0.1) is 0 Å². The van der Waals surface area contributed by atoms with Crippen LogP contribution in [-0.4, -0.2) is 36.4 Å². The van der Waals surface area contributed by atoms with Gasteiger partial charge in [0.15, 0.2) is 5.11 Å². The predicted octanol–water partition coefficient (Wildman–Crippen LogP) is 5.66. The molecule has 0 spiro atoms. The summed E-state index contributed by atoms with van der Waals surface area (Å²) in [4.78, 5) is 6.74. The summed E-state index contributed by atoms with van der Waals surface area (Å²) in [6.07, 6.45) is 2.90. The SMILES string of the molecule is COc1cc(N2C(=S)N[C@H](c3ccccn3)[C@@H]2c2cc(C)n(-c3c(C)cccc3C)c2C)ccc1NS(C)(=O)=O. The first kappa shape index (κ1) is 27.7. The summed E-state index contributed by atoms with van der Waals surface area (Å²) >= 11 is 5.92. The largest absolute Gasteiger partial charge is 0.494 e. The fourth-order valence-corrected chi connectivity index (χ4v) is 6.57. The van der Waals surface area contributed by atoms with Gasteiger partial charge in [0.25, 0.3) is 0 Å². The van der Waals surface area contributed by atoms with E-state index in [1.54, 1.807) is 18.3 Å². The van der Waals surface area contributed by atoms with Crippen LogP contribution < -0.4 is 19.7 Å². The number of anilines is 2. The van der Waals surface area contributed by atoms with Gasteiger partial charge in [-0.25, -0.2) is 8.42 Å². The standard InChI is InChI=1S/C30H33N5O3S2/c1-18-10-9-11-19(2)28(18)34-20(3)16-23(21(34)4)29-27(25-12-7-8-15-31-25)32-30(39)35(29)22-13-14-24(26(17-22)38-5)33-40(6,36)37/h7-17,27,29,33H,1-6H3,(H,32,39)/t27-,29+/m1/s1. The van der Waals surface area contributed by atoms with Gasteiger partial charge in [0.2, 0.25) is 10.0 Å². The molecule has 2 aromatic carbocycles. The first-order valence-electron chi connectivity index (χ1n) is 12.9. The van der Waals surface area contributed by atoms with Gasteiger partial charge in [-0.05, 0) is 86.9 Å². The fourth-order valence-electron chi connectivity index (χ4n) is 5.65. The molecule has 1 saturated heterocycles. The van der Waals surface area contributed by atoms with Gasteiger partial charge in [-0.3, -0.25) is 9.71 Å². The molecule has 5 rings (SSSR count). The number of nitrogens with one attached hydrogen (secondary N) is 2. The van der Waals surface area contributed by atoms with Gasteiger partial charge in [-0.2, -0.15) is 0 Å². The summed E-state index contributed by atoms with van der Waals surface area (Å²) in [6.45, 7) is 8.53. The van der Waals surface area contributed by atoms with Gasteiger partial charge in [0.1, 0.15) is 5.75 Å². The highest BCUT2D eigenvalue weighted by Gasteiger charge is 2.42. The molecule has 2 N–H and O–H groups in total. The van der Waals surface area contributed by atoms with Gasteiger partial charge < -0.3 is 19.5 Å². The molecule has 2 aromatic heterocycles. The van der Waals surface area contributed by atoms with Crippen LogP contribution in [0, 0.1) is 27.7 Å². The molecule has 0 aliphatic carbocycles. The molecular formula is C30H33N5O3S2. The highest BCUT2D eigenvalue weighted by molar-refractivity contribution is 7.92. The Balaban J connectivity index is 1.69. The molecule has 10 heteroatoms. The third-order valence-corrected chi connectivity index (χ3v) is 8.21. The molecule has 3 heterocycles. The zero-order valence-electron chi connectivity index (χ0n) is 23.4. The average molecular weight is 576 g/mol. The van der Waals surface area contributed by atoms with Crippen molar-refractivity contribution in [3.8, 4) is 11.4 Å². The predicted molar refractivity (Wildman–Crippen MR) is 164 cm³/mol. The molecule has 8 nitrogen and oxygen atoms in total. The van der Waals surface area contributed by atoms with E-state index in [1.165, 1.54) is 23.9 Å². The Morgan fingerprint density at radius 1 is 1.00 bits per heavy atom. The molecule has 0 radical (unpaired) electrons. The number of nitrogens with zero attached hydrogens (tertiary/aromatic N) is 3. The van der Waals surface area contributed by atoms with Crippen LogP contribution in [0.25, 0.3) is 5.69 Å². The molecule has 2 atom stereocenters. The van der Waals surface area contributed by atoms with Crippen LogP contribution in [0.5, 0.6) is 5.75 Å². The minimum Gasteiger partial charge on any atom is -0.494 e. The number of hydrogen-bond donors (Lipinski definition) is 2. The van der Waals surface area contributed by atoms with Crippen molar-refractivity contribution in [2.24, 2.45) is 0 Å². The molecule has 0 unspecified atom stereocenters. The van der Waals surface area contributed by atoms with Crippen LogP contribution in [0.4, 0.5) is 11.4 Å². The Morgan fingerprint density at radius 2 is 1.73 bits per heavy atom. The molecule has 1 aliphatic heterocycles. The van der Waals surface area contributed by atoms with E-state index in [-0.39, 0.29) is 12.1 Å². The van der Waals surface area contributed by atoms with Crippen molar-refractivity contribution in [2.45, 2.75) is 39.8 Å². The van der Waals surface area contributed by atoms with Crippen LogP contribution in [0.2, 0.25) is 0 Å². The number of ether oxygens (including phenoxy) is 1. The lowest BCUT2D eigenvalue weighted by atomic mass is 9.96. The molecule has 0 bridgehead atoms. The second kappa shape index (κ2) is 10.6. The maximum atomic E-state index is 11.9. The Bertz CT molecular complexity index is 1680. The summed E-state index contributed by atoms with van der Waals surface area (Å²) in [5.41, 5.74) is 8.92. The second-order valence-corrected chi connectivity index (χ2v) is 12.3. The second-order valence-electron chi connectivity index (χ2n) is 10.2. The Hall–Kier alpha value is -3.89. The van der Waals surface area contributed by atoms with Crippen molar-refractivity contribution in [2.75, 3.05) is 23.0 Å². The van der Waals surface area contributed by atoms with E-state index in [1.807, 2.05) is 24.3 Å². The molecule has 208 valence electrons. The molecule has 0 amide bonds. The first-order valence-corrected chi connectivity index (χ1v) is 15.2. The smallest absolute Gasteiger partial charge is 0.229 e. The van der Waals surface area contributed by atoms with E-state index in [0.29, 0.717) is 16.5 Å². The van der Waals surface area contributed by atoms with Gasteiger partial charge in [-0.1, -0.05) is 24.3 Å². The fraction of sp³-hybridized carbons (Fsp3) is 0.267. The highest BCUT2D eigenvalue weighted by atomic mass is 32.2. The van der Waals surface area contributed by atoms with Gasteiger partial charge in [0.05, 0.1) is 42.5 Å². The summed E-state index contributed by atoms with van der Waals surface area (Å²) in [6, 6.07) is 19.3. The van der Waals surface area contributed by atoms with Crippen molar-refractivity contribution in [3.63, 3.8) is 0 Å². The van der Waals surface area contributed by atoms with E-state index in [9.17, 15) is 8.42 Å². The maximum Gasteiger partial charge on any atom is 0.229 e. The number of rotatable bonds is 7. The zero-order valence-corrected chi connectivity index (χ0v) is 25.0. The van der Waals surface area contributed by atoms with Gasteiger partial charge >= 0.3 is 0 Å². The van der Waals surface area contributed by atoms with E-state index in [0.717, 1.165) is 34.6 Å². The summed E-state index contributed by atoms with van der Waals surface area (Å²) in [5, 5.41) is 4.05. The maximum absolute atomic E-state index is 11.9. The van der Waals surface area contributed by atoms with Crippen molar-refractivity contribution in [3.05, 3.63) is 101 Å². The minimum absolute atomic E-state index is 0.222. The number of thiocarbonyl (C=S) groups is 1. The lowest BCUT2D eigenvalue weighted by Gasteiger charge is -2.29. The van der Waals surface area contributed by atoms with Crippen molar-refractivity contribution < 1.29 is 13.2 Å². The van der Waals surface area contributed by atoms with Crippen LogP contribution in [0.15, 0.2) is 66.9 Å².